The molecule has 0 N–H and O–H groups in total. The van der Waals surface area contributed by atoms with Crippen LogP contribution < -0.4 is 0 Å². The fourth-order valence-electron chi connectivity index (χ4n) is 2.64. The number of hydrogen-bond acceptors (Lipinski definition) is 4. The zero-order chi connectivity index (χ0) is 17.0. The van der Waals surface area contributed by atoms with Crippen LogP contribution in [-0.2, 0) is 15.8 Å². The number of nitrogens with zero attached hydrogens (tertiary/aromatic N) is 2. The van der Waals surface area contributed by atoms with Gasteiger partial charge in [-0.25, -0.2) is 13.4 Å². The molecule has 1 aliphatic heterocycles. The van der Waals surface area contributed by atoms with E-state index in [1.54, 1.807) is 28.2 Å². The topological polar surface area (TPSA) is 50.3 Å². The second-order valence-electron chi connectivity index (χ2n) is 5.72. The fourth-order valence-corrected chi connectivity index (χ4v) is 5.34. The summed E-state index contributed by atoms with van der Waals surface area (Å²) >= 11 is 5.06. The van der Waals surface area contributed by atoms with E-state index in [1.807, 2.05) is 12.1 Å². The average Bonchev–Trinajstić information content (AvgIpc) is 2.61. The van der Waals surface area contributed by atoms with E-state index in [1.165, 1.54) is 11.8 Å². The summed E-state index contributed by atoms with van der Waals surface area (Å²) in [4.78, 5) is 4.61. The van der Waals surface area contributed by atoms with Crippen LogP contribution in [0.15, 0.2) is 57.0 Å². The van der Waals surface area contributed by atoms with E-state index >= 15 is 0 Å². The number of rotatable bonds is 5. The van der Waals surface area contributed by atoms with Gasteiger partial charge in [0.1, 0.15) is 4.90 Å². The Kier molecular flexibility index (Phi) is 5.97. The van der Waals surface area contributed by atoms with Crippen molar-refractivity contribution in [2.24, 2.45) is 0 Å². The first kappa shape index (κ1) is 17.9. The molecule has 1 aliphatic rings. The molecule has 128 valence electrons. The number of benzene rings is 1. The summed E-state index contributed by atoms with van der Waals surface area (Å²) in [7, 11) is -3.40. The molecule has 0 amide bonds. The lowest BCUT2D eigenvalue weighted by Gasteiger charge is -2.25. The Bertz CT molecular complexity index is 788. The third-order valence-electron chi connectivity index (χ3n) is 3.94. The standard InChI is InChI=1S/C17H19BrN2O2S2/c18-15-6-4-5-14(11-15)13-23-17-8-7-16(12-19-17)24(21,22)20-9-2-1-3-10-20/h4-8,11-12H,1-3,9-10,13H2. The molecule has 0 atom stereocenters. The molecule has 0 bridgehead atoms. The first-order chi connectivity index (χ1) is 11.6. The summed E-state index contributed by atoms with van der Waals surface area (Å²) in [6.45, 7) is 1.23. The number of piperidine rings is 1. The van der Waals surface area contributed by atoms with Gasteiger partial charge in [-0.05, 0) is 42.7 Å². The van der Waals surface area contributed by atoms with Gasteiger partial charge in [-0.1, -0.05) is 34.5 Å². The number of thioether (sulfide) groups is 1. The summed E-state index contributed by atoms with van der Waals surface area (Å²) in [5.74, 6) is 0.796. The van der Waals surface area contributed by atoms with Crippen molar-refractivity contribution in [3.63, 3.8) is 0 Å². The molecule has 24 heavy (non-hydrogen) atoms. The lowest BCUT2D eigenvalue weighted by Crippen LogP contribution is -2.35. The molecule has 0 aliphatic carbocycles. The van der Waals surface area contributed by atoms with Crippen molar-refractivity contribution in [2.45, 2.75) is 34.9 Å². The fraction of sp³-hybridized carbons (Fsp3) is 0.353. The van der Waals surface area contributed by atoms with Crippen LogP contribution in [0, 0.1) is 0 Å². The number of aromatic nitrogens is 1. The molecular formula is C17H19BrN2O2S2. The molecule has 0 radical (unpaired) electrons. The predicted octanol–water partition coefficient (Wildman–Crippen LogP) is 4.31. The van der Waals surface area contributed by atoms with Crippen LogP contribution in [-0.4, -0.2) is 30.8 Å². The summed E-state index contributed by atoms with van der Waals surface area (Å²) in [5.41, 5.74) is 1.20. The molecule has 0 saturated carbocycles. The van der Waals surface area contributed by atoms with Gasteiger partial charge < -0.3 is 0 Å². The maximum absolute atomic E-state index is 12.6. The van der Waals surface area contributed by atoms with Gasteiger partial charge in [-0.3, -0.25) is 0 Å². The second-order valence-corrected chi connectivity index (χ2v) is 9.56. The number of sulfonamides is 1. The highest BCUT2D eigenvalue weighted by molar-refractivity contribution is 9.10. The SMILES string of the molecule is O=S(=O)(c1ccc(SCc2cccc(Br)c2)nc1)N1CCCCC1. The Hall–Kier alpha value is -0.890. The molecule has 3 rings (SSSR count). The first-order valence-electron chi connectivity index (χ1n) is 7.89. The minimum atomic E-state index is -3.40. The third kappa shape index (κ3) is 4.39. The Morgan fingerprint density at radius 2 is 1.92 bits per heavy atom. The molecule has 1 aromatic carbocycles. The van der Waals surface area contributed by atoms with E-state index in [-0.39, 0.29) is 4.90 Å². The van der Waals surface area contributed by atoms with Crippen molar-refractivity contribution in [3.05, 3.63) is 52.6 Å². The van der Waals surface area contributed by atoms with Crippen LogP contribution in [0.5, 0.6) is 0 Å². The molecule has 1 saturated heterocycles. The van der Waals surface area contributed by atoms with Gasteiger partial charge in [0.25, 0.3) is 0 Å². The zero-order valence-corrected chi connectivity index (χ0v) is 16.4. The van der Waals surface area contributed by atoms with E-state index in [0.29, 0.717) is 13.1 Å². The summed E-state index contributed by atoms with van der Waals surface area (Å²) in [6, 6.07) is 11.6. The van der Waals surface area contributed by atoms with Crippen LogP contribution in [0.2, 0.25) is 0 Å². The van der Waals surface area contributed by atoms with Crippen molar-refractivity contribution in [3.8, 4) is 0 Å². The highest BCUT2D eigenvalue weighted by Crippen LogP contribution is 2.25. The largest absolute Gasteiger partial charge is 0.249 e. The first-order valence-corrected chi connectivity index (χ1v) is 11.1. The Balaban J connectivity index is 1.66. The van der Waals surface area contributed by atoms with Crippen molar-refractivity contribution in [1.29, 1.82) is 0 Å². The van der Waals surface area contributed by atoms with Crippen LogP contribution in [0.25, 0.3) is 0 Å². The molecule has 7 heteroatoms. The van der Waals surface area contributed by atoms with E-state index in [4.69, 9.17) is 0 Å². The highest BCUT2D eigenvalue weighted by atomic mass is 79.9. The smallest absolute Gasteiger partial charge is 0.244 e. The maximum Gasteiger partial charge on any atom is 0.244 e. The van der Waals surface area contributed by atoms with Gasteiger partial charge in [0.2, 0.25) is 10.0 Å². The number of halogens is 1. The lowest BCUT2D eigenvalue weighted by molar-refractivity contribution is 0.346. The van der Waals surface area contributed by atoms with Crippen molar-refractivity contribution in [1.82, 2.24) is 9.29 Å². The van der Waals surface area contributed by atoms with Gasteiger partial charge in [0.05, 0.1) is 5.03 Å². The molecule has 4 nitrogen and oxygen atoms in total. The molecule has 2 aromatic rings. The summed E-state index contributed by atoms with van der Waals surface area (Å²) in [5, 5.41) is 0.826. The van der Waals surface area contributed by atoms with Crippen molar-refractivity contribution in [2.75, 3.05) is 13.1 Å². The molecule has 0 unspecified atom stereocenters. The quantitative estimate of drug-likeness (QED) is 0.668. The normalized spacial score (nSPS) is 16.2. The minimum Gasteiger partial charge on any atom is -0.249 e. The lowest BCUT2D eigenvalue weighted by atomic mass is 10.2. The second kappa shape index (κ2) is 7.99. The molecule has 1 aromatic heterocycles. The zero-order valence-electron chi connectivity index (χ0n) is 13.2. The monoisotopic (exact) mass is 426 g/mol. The van der Waals surface area contributed by atoms with E-state index in [0.717, 1.165) is 34.5 Å². The van der Waals surface area contributed by atoms with E-state index < -0.39 is 10.0 Å². The van der Waals surface area contributed by atoms with Crippen LogP contribution >= 0.6 is 27.7 Å². The molecular weight excluding hydrogens is 408 g/mol. The number of hydrogen-bond donors (Lipinski definition) is 0. The molecule has 2 heterocycles. The average molecular weight is 427 g/mol. The van der Waals surface area contributed by atoms with Gasteiger partial charge in [-0.2, -0.15) is 4.31 Å². The van der Waals surface area contributed by atoms with Crippen LogP contribution in [0.4, 0.5) is 0 Å². The van der Waals surface area contributed by atoms with E-state index in [9.17, 15) is 8.42 Å². The Morgan fingerprint density at radius 3 is 2.58 bits per heavy atom. The van der Waals surface area contributed by atoms with Gasteiger partial charge in [0.15, 0.2) is 0 Å². The van der Waals surface area contributed by atoms with Crippen molar-refractivity contribution < 1.29 is 8.42 Å². The molecule has 1 fully saturated rings. The molecule has 0 spiro atoms. The summed E-state index contributed by atoms with van der Waals surface area (Å²) < 4.78 is 27.8. The predicted molar refractivity (Wildman–Crippen MR) is 101 cm³/mol. The Morgan fingerprint density at radius 1 is 1.12 bits per heavy atom. The summed E-state index contributed by atoms with van der Waals surface area (Å²) in [6.07, 6.45) is 4.46. The Labute approximate surface area is 155 Å². The van der Waals surface area contributed by atoms with Gasteiger partial charge in [-0.15, -0.1) is 11.8 Å². The highest BCUT2D eigenvalue weighted by Gasteiger charge is 2.26. The number of pyridine rings is 1. The van der Waals surface area contributed by atoms with Gasteiger partial charge in [0, 0.05) is 29.5 Å². The van der Waals surface area contributed by atoms with Crippen molar-refractivity contribution >= 4 is 37.7 Å². The van der Waals surface area contributed by atoms with E-state index in [2.05, 4.69) is 33.0 Å². The third-order valence-corrected chi connectivity index (χ3v) is 7.33. The minimum absolute atomic E-state index is 0.288. The van der Waals surface area contributed by atoms with Crippen LogP contribution in [0.1, 0.15) is 24.8 Å². The van der Waals surface area contributed by atoms with Crippen LogP contribution in [0.3, 0.4) is 0 Å². The van der Waals surface area contributed by atoms with Gasteiger partial charge >= 0.3 is 0 Å². The maximum atomic E-state index is 12.6.